The number of likely N-dealkylation sites (N-methyl/N-ethyl adjacent to an activating group) is 2. The van der Waals surface area contributed by atoms with E-state index in [0.29, 0.717) is 10.8 Å². The Hall–Kier alpha value is -0.840. The summed E-state index contributed by atoms with van der Waals surface area (Å²) in [7, 11) is 6.27. The zero-order chi connectivity index (χ0) is 14.0. The zero-order valence-electron chi connectivity index (χ0n) is 11.9. The summed E-state index contributed by atoms with van der Waals surface area (Å²) in [5.41, 5.74) is 7.16. The lowest BCUT2D eigenvalue weighted by Gasteiger charge is -2.43. The van der Waals surface area contributed by atoms with Gasteiger partial charge in [-0.1, -0.05) is 24.4 Å². The highest BCUT2D eigenvalue weighted by molar-refractivity contribution is 6.30. The molecule has 0 radical (unpaired) electrons. The predicted molar refractivity (Wildman–Crippen MR) is 80.3 cm³/mol. The quantitative estimate of drug-likeness (QED) is 0.891. The van der Waals surface area contributed by atoms with E-state index in [1.165, 1.54) is 12.8 Å². The highest BCUT2D eigenvalue weighted by Gasteiger charge is 2.44. The van der Waals surface area contributed by atoms with Crippen molar-refractivity contribution in [3.8, 4) is 0 Å². The van der Waals surface area contributed by atoms with Crippen molar-refractivity contribution in [2.45, 2.75) is 37.3 Å². The predicted octanol–water partition coefficient (Wildman–Crippen LogP) is 2.45. The van der Waals surface area contributed by atoms with E-state index in [0.717, 1.165) is 18.4 Å². The Morgan fingerprint density at radius 3 is 2.58 bits per heavy atom. The number of halogens is 1. The van der Waals surface area contributed by atoms with E-state index in [-0.39, 0.29) is 11.6 Å². The first-order valence-electron chi connectivity index (χ1n) is 6.77. The fourth-order valence-corrected chi connectivity index (χ4v) is 3.56. The van der Waals surface area contributed by atoms with Crippen LogP contribution in [0.25, 0.3) is 0 Å². The van der Waals surface area contributed by atoms with Gasteiger partial charge in [-0.15, -0.1) is 0 Å². The van der Waals surface area contributed by atoms with Crippen LogP contribution < -0.4 is 11.1 Å². The fraction of sp³-hybridized carbons (Fsp3) is 0.643. The molecule has 1 unspecified atom stereocenters. The maximum Gasteiger partial charge on any atom is 0.128 e. The summed E-state index contributed by atoms with van der Waals surface area (Å²) in [6.07, 6.45) is 6.44. The van der Waals surface area contributed by atoms with E-state index in [4.69, 9.17) is 17.3 Å². The molecule has 0 aromatic carbocycles. The number of pyridine rings is 1. The number of nitrogens with one attached hydrogen (secondary N) is 1. The fourth-order valence-electron chi connectivity index (χ4n) is 3.39. The van der Waals surface area contributed by atoms with E-state index in [9.17, 15) is 0 Å². The summed E-state index contributed by atoms with van der Waals surface area (Å²) in [5.74, 6) is 0.567. The number of nitrogens with zero attached hydrogens (tertiary/aromatic N) is 2. The third kappa shape index (κ3) is 2.57. The molecule has 4 nitrogen and oxygen atoms in total. The molecular weight excluding hydrogens is 260 g/mol. The SMILES string of the molecule is CNC(c1cc(Cl)cnc1N)C1(N(C)C)CCCC1. The Bertz CT molecular complexity index is 441. The molecule has 3 N–H and O–H groups in total. The van der Waals surface area contributed by atoms with Gasteiger partial charge in [-0.3, -0.25) is 0 Å². The number of aromatic nitrogens is 1. The molecule has 1 atom stereocenters. The number of nitrogens with two attached hydrogens (primary N) is 1. The van der Waals surface area contributed by atoms with Crippen LogP contribution >= 0.6 is 11.6 Å². The second-order valence-electron chi connectivity index (χ2n) is 5.55. The molecule has 1 aliphatic rings. The smallest absolute Gasteiger partial charge is 0.128 e. The molecule has 106 valence electrons. The highest BCUT2D eigenvalue weighted by Crippen LogP contribution is 2.44. The van der Waals surface area contributed by atoms with Gasteiger partial charge in [0.15, 0.2) is 0 Å². The molecule has 2 rings (SSSR count). The van der Waals surface area contributed by atoms with Crippen molar-refractivity contribution in [1.82, 2.24) is 15.2 Å². The van der Waals surface area contributed by atoms with Crippen LogP contribution in [0.4, 0.5) is 5.82 Å². The van der Waals surface area contributed by atoms with Gasteiger partial charge in [-0.05, 0) is 40.1 Å². The van der Waals surface area contributed by atoms with Gasteiger partial charge in [0.1, 0.15) is 5.82 Å². The minimum absolute atomic E-state index is 0.0925. The second kappa shape index (κ2) is 5.65. The molecule has 5 heteroatoms. The second-order valence-corrected chi connectivity index (χ2v) is 5.99. The van der Waals surface area contributed by atoms with E-state index in [1.54, 1.807) is 6.20 Å². The third-order valence-electron chi connectivity index (χ3n) is 4.41. The van der Waals surface area contributed by atoms with Crippen LogP contribution in [0.5, 0.6) is 0 Å². The first kappa shape index (κ1) is 14.6. The number of hydrogen-bond donors (Lipinski definition) is 2. The van der Waals surface area contributed by atoms with Crippen LogP contribution in [-0.4, -0.2) is 36.6 Å². The molecule has 0 spiro atoms. The Morgan fingerprint density at radius 2 is 2.05 bits per heavy atom. The largest absolute Gasteiger partial charge is 0.383 e. The Labute approximate surface area is 120 Å². The average Bonchev–Trinajstić information content (AvgIpc) is 2.85. The Kier molecular flexibility index (Phi) is 4.33. The van der Waals surface area contributed by atoms with Crippen molar-refractivity contribution < 1.29 is 0 Å². The monoisotopic (exact) mass is 282 g/mol. The number of rotatable bonds is 4. The van der Waals surface area contributed by atoms with Crippen LogP contribution in [-0.2, 0) is 0 Å². The summed E-state index contributed by atoms with van der Waals surface area (Å²) in [6.45, 7) is 0. The van der Waals surface area contributed by atoms with Gasteiger partial charge in [0.25, 0.3) is 0 Å². The van der Waals surface area contributed by atoms with E-state index in [1.807, 2.05) is 13.1 Å². The van der Waals surface area contributed by atoms with Gasteiger partial charge in [-0.2, -0.15) is 0 Å². The number of anilines is 1. The van der Waals surface area contributed by atoms with Gasteiger partial charge >= 0.3 is 0 Å². The zero-order valence-corrected chi connectivity index (χ0v) is 12.7. The van der Waals surface area contributed by atoms with Crippen LogP contribution in [0.1, 0.15) is 37.3 Å². The highest BCUT2D eigenvalue weighted by atomic mass is 35.5. The number of hydrogen-bond acceptors (Lipinski definition) is 4. The van der Waals surface area contributed by atoms with Crippen molar-refractivity contribution in [3.05, 3.63) is 22.8 Å². The van der Waals surface area contributed by atoms with Gasteiger partial charge in [0, 0.05) is 17.3 Å². The summed E-state index contributed by atoms with van der Waals surface area (Å²) in [4.78, 5) is 6.52. The standard InChI is InChI=1S/C14H23ClN4/c1-17-12(11-8-10(15)9-18-13(11)16)14(19(2)3)6-4-5-7-14/h8-9,12,17H,4-7H2,1-3H3,(H2,16,18). The molecule has 1 aromatic rings. The summed E-state index contributed by atoms with van der Waals surface area (Å²) >= 11 is 6.09. The molecule has 1 saturated carbocycles. The molecule has 1 aliphatic carbocycles. The lowest BCUT2D eigenvalue weighted by molar-refractivity contribution is 0.109. The van der Waals surface area contributed by atoms with Crippen molar-refractivity contribution in [2.24, 2.45) is 0 Å². The molecule has 1 heterocycles. The molecule has 1 fully saturated rings. The lowest BCUT2D eigenvalue weighted by atomic mass is 9.82. The summed E-state index contributed by atoms with van der Waals surface area (Å²) in [5, 5.41) is 4.07. The van der Waals surface area contributed by atoms with Gasteiger partial charge in [0.05, 0.1) is 11.1 Å². The van der Waals surface area contributed by atoms with Gasteiger partial charge in [0.2, 0.25) is 0 Å². The van der Waals surface area contributed by atoms with Crippen LogP contribution in [0, 0.1) is 0 Å². The first-order valence-corrected chi connectivity index (χ1v) is 7.14. The van der Waals surface area contributed by atoms with Gasteiger partial charge in [-0.25, -0.2) is 4.98 Å². The molecule has 1 aromatic heterocycles. The normalized spacial score (nSPS) is 19.8. The van der Waals surface area contributed by atoms with Gasteiger partial charge < -0.3 is 16.0 Å². The van der Waals surface area contributed by atoms with E-state index < -0.39 is 0 Å². The van der Waals surface area contributed by atoms with E-state index >= 15 is 0 Å². The third-order valence-corrected chi connectivity index (χ3v) is 4.62. The molecule has 0 amide bonds. The van der Waals surface area contributed by atoms with Crippen LogP contribution in [0.3, 0.4) is 0 Å². The number of nitrogen functional groups attached to an aromatic ring is 1. The van der Waals surface area contributed by atoms with Crippen molar-refractivity contribution in [3.63, 3.8) is 0 Å². The maximum atomic E-state index is 6.09. The molecule has 19 heavy (non-hydrogen) atoms. The molecular formula is C14H23ClN4. The lowest BCUT2D eigenvalue weighted by Crippen LogP contribution is -2.51. The Balaban J connectivity index is 2.45. The van der Waals surface area contributed by atoms with Crippen molar-refractivity contribution in [1.29, 1.82) is 0 Å². The van der Waals surface area contributed by atoms with Crippen molar-refractivity contribution >= 4 is 17.4 Å². The minimum Gasteiger partial charge on any atom is -0.383 e. The Morgan fingerprint density at radius 1 is 1.42 bits per heavy atom. The van der Waals surface area contributed by atoms with Crippen LogP contribution in [0.15, 0.2) is 12.3 Å². The van der Waals surface area contributed by atoms with Crippen LogP contribution in [0.2, 0.25) is 5.02 Å². The molecule has 0 aliphatic heterocycles. The average molecular weight is 283 g/mol. The maximum absolute atomic E-state index is 6.09. The molecule has 0 saturated heterocycles. The van der Waals surface area contributed by atoms with Crippen molar-refractivity contribution in [2.75, 3.05) is 26.9 Å². The summed E-state index contributed by atoms with van der Waals surface area (Å²) in [6, 6.07) is 2.09. The topological polar surface area (TPSA) is 54.2 Å². The summed E-state index contributed by atoms with van der Waals surface area (Å²) < 4.78 is 0. The molecule has 0 bridgehead atoms. The van der Waals surface area contributed by atoms with E-state index in [2.05, 4.69) is 29.3 Å². The first-order chi connectivity index (χ1) is 9.01. The minimum atomic E-state index is 0.0925.